The molecule has 1 aromatic rings. The molecule has 2 rings (SSSR count). The molecule has 1 N–H and O–H groups in total. The normalized spacial score (nSPS) is 22.8. The van der Waals surface area contributed by atoms with Gasteiger partial charge in [0, 0.05) is 24.2 Å². The van der Waals surface area contributed by atoms with Crippen LogP contribution >= 0.6 is 11.6 Å². The Balaban J connectivity index is 2.15. The highest BCUT2D eigenvalue weighted by Gasteiger charge is 2.27. The van der Waals surface area contributed by atoms with Crippen LogP contribution in [0.25, 0.3) is 0 Å². The van der Waals surface area contributed by atoms with Crippen molar-refractivity contribution < 1.29 is 9.72 Å². The van der Waals surface area contributed by atoms with Gasteiger partial charge in [-0.25, -0.2) is 5.01 Å². The van der Waals surface area contributed by atoms with Gasteiger partial charge in [0.1, 0.15) is 0 Å². The minimum Gasteiger partial charge on any atom is -0.284 e. The van der Waals surface area contributed by atoms with E-state index in [1.807, 2.05) is 5.01 Å². The summed E-state index contributed by atoms with van der Waals surface area (Å²) in [4.78, 5) is 22.4. The molecule has 1 amide bonds. The molecule has 0 saturated carbocycles. The number of carbonyl (C=O) groups is 1. The zero-order valence-corrected chi connectivity index (χ0v) is 12.8. The largest absolute Gasteiger partial charge is 0.284 e. The number of halogens is 1. The van der Waals surface area contributed by atoms with Crippen molar-refractivity contribution >= 4 is 23.2 Å². The monoisotopic (exact) mass is 311 g/mol. The number of amides is 1. The van der Waals surface area contributed by atoms with Crippen LogP contribution in [0, 0.1) is 10.1 Å². The molecule has 0 unspecified atom stereocenters. The number of hydrazine groups is 1. The molecular weight excluding hydrogens is 294 g/mol. The van der Waals surface area contributed by atoms with Gasteiger partial charge in [-0.2, -0.15) is 0 Å². The van der Waals surface area contributed by atoms with Crippen LogP contribution in [-0.2, 0) is 0 Å². The Labute approximate surface area is 128 Å². The maximum Gasteiger partial charge on any atom is 0.270 e. The van der Waals surface area contributed by atoms with Gasteiger partial charge in [0.25, 0.3) is 11.6 Å². The highest BCUT2D eigenvalue weighted by Crippen LogP contribution is 2.24. The molecule has 1 aromatic carbocycles. The second-order valence-electron chi connectivity index (χ2n) is 5.40. The van der Waals surface area contributed by atoms with Gasteiger partial charge in [0.05, 0.1) is 15.5 Å². The number of piperidine rings is 1. The lowest BCUT2D eigenvalue weighted by Gasteiger charge is -2.38. The lowest BCUT2D eigenvalue weighted by molar-refractivity contribution is -0.384. The molecule has 0 bridgehead atoms. The Morgan fingerprint density at radius 3 is 2.52 bits per heavy atom. The van der Waals surface area contributed by atoms with E-state index in [9.17, 15) is 14.9 Å². The Hall–Kier alpha value is -1.66. The standard InChI is InChI=1S/C14H18ClN3O3/c1-9-4-3-5-10(2)17(9)16-14(19)12-7-6-11(18(20)21)8-13(12)15/h6-10H,3-5H2,1-2H3,(H,16,19)/t9-,10+. The second kappa shape index (κ2) is 6.41. The molecule has 1 heterocycles. The van der Waals surface area contributed by atoms with Gasteiger partial charge in [0.15, 0.2) is 0 Å². The smallest absolute Gasteiger partial charge is 0.270 e. The van der Waals surface area contributed by atoms with E-state index < -0.39 is 4.92 Å². The maximum atomic E-state index is 12.3. The topological polar surface area (TPSA) is 75.5 Å². The number of nitrogens with one attached hydrogen (secondary N) is 1. The van der Waals surface area contributed by atoms with E-state index in [1.54, 1.807) is 0 Å². The summed E-state index contributed by atoms with van der Waals surface area (Å²) in [6.07, 6.45) is 3.20. The fraction of sp³-hybridized carbons (Fsp3) is 0.500. The Morgan fingerprint density at radius 2 is 2.00 bits per heavy atom. The van der Waals surface area contributed by atoms with E-state index in [1.165, 1.54) is 18.2 Å². The molecule has 0 aliphatic carbocycles. The minimum absolute atomic E-state index is 0.0824. The van der Waals surface area contributed by atoms with Crippen LogP contribution < -0.4 is 5.43 Å². The average molecular weight is 312 g/mol. The Kier molecular flexibility index (Phi) is 4.80. The summed E-state index contributed by atoms with van der Waals surface area (Å²) in [6.45, 7) is 4.13. The molecule has 0 spiro atoms. The first-order chi connectivity index (χ1) is 9.90. The zero-order chi connectivity index (χ0) is 15.6. The maximum absolute atomic E-state index is 12.3. The summed E-state index contributed by atoms with van der Waals surface area (Å²) in [5, 5.41) is 12.7. The summed E-state index contributed by atoms with van der Waals surface area (Å²) >= 11 is 5.98. The first-order valence-electron chi connectivity index (χ1n) is 6.93. The molecule has 1 saturated heterocycles. The number of rotatable bonds is 3. The average Bonchev–Trinajstić information content (AvgIpc) is 2.42. The van der Waals surface area contributed by atoms with Crippen LogP contribution in [0.1, 0.15) is 43.5 Å². The van der Waals surface area contributed by atoms with Crippen LogP contribution in [0.4, 0.5) is 5.69 Å². The predicted molar refractivity (Wildman–Crippen MR) is 80.2 cm³/mol. The van der Waals surface area contributed by atoms with Crippen molar-refractivity contribution in [2.75, 3.05) is 0 Å². The number of nitro groups is 1. The number of benzene rings is 1. The van der Waals surface area contributed by atoms with E-state index >= 15 is 0 Å². The molecule has 0 radical (unpaired) electrons. The van der Waals surface area contributed by atoms with Crippen LogP contribution in [0.2, 0.25) is 5.02 Å². The Morgan fingerprint density at radius 1 is 1.38 bits per heavy atom. The van der Waals surface area contributed by atoms with Crippen LogP contribution in [-0.4, -0.2) is 27.9 Å². The molecule has 1 aliphatic heterocycles. The molecule has 1 aliphatic rings. The lowest BCUT2D eigenvalue weighted by atomic mass is 10.00. The number of nitrogens with zero attached hydrogens (tertiary/aromatic N) is 2. The number of nitro benzene ring substituents is 1. The van der Waals surface area contributed by atoms with Crippen molar-refractivity contribution in [3.8, 4) is 0 Å². The van der Waals surface area contributed by atoms with Crippen molar-refractivity contribution in [3.05, 3.63) is 38.9 Å². The molecule has 6 nitrogen and oxygen atoms in total. The first kappa shape index (κ1) is 15.7. The second-order valence-corrected chi connectivity index (χ2v) is 5.81. The third kappa shape index (κ3) is 3.51. The van der Waals surface area contributed by atoms with Crippen LogP contribution in [0.5, 0.6) is 0 Å². The van der Waals surface area contributed by atoms with E-state index in [0.717, 1.165) is 19.3 Å². The lowest BCUT2D eigenvalue weighted by Crippen LogP contribution is -2.54. The van der Waals surface area contributed by atoms with Crippen molar-refractivity contribution in [3.63, 3.8) is 0 Å². The number of hydrogen-bond acceptors (Lipinski definition) is 4. The van der Waals surface area contributed by atoms with E-state index in [0.29, 0.717) is 0 Å². The Bertz CT molecular complexity index is 554. The quantitative estimate of drug-likeness (QED) is 0.687. The van der Waals surface area contributed by atoms with Gasteiger partial charge in [-0.3, -0.25) is 20.3 Å². The van der Waals surface area contributed by atoms with Crippen molar-refractivity contribution in [1.29, 1.82) is 0 Å². The number of hydrogen-bond donors (Lipinski definition) is 1. The summed E-state index contributed by atoms with van der Waals surface area (Å²) in [5.74, 6) is -0.338. The van der Waals surface area contributed by atoms with Gasteiger partial charge in [-0.1, -0.05) is 18.0 Å². The van der Waals surface area contributed by atoms with Crippen molar-refractivity contribution in [2.45, 2.75) is 45.2 Å². The SMILES string of the molecule is C[C@@H]1CCC[C@H](C)N1NC(=O)c1ccc([N+](=O)[O-])cc1Cl. The fourth-order valence-corrected chi connectivity index (χ4v) is 2.88. The van der Waals surface area contributed by atoms with Crippen LogP contribution in [0.15, 0.2) is 18.2 Å². The van der Waals surface area contributed by atoms with Crippen molar-refractivity contribution in [1.82, 2.24) is 10.4 Å². The summed E-state index contributed by atoms with van der Waals surface area (Å²) in [5.41, 5.74) is 2.98. The fourth-order valence-electron chi connectivity index (χ4n) is 2.62. The van der Waals surface area contributed by atoms with Gasteiger partial charge >= 0.3 is 0 Å². The third-order valence-electron chi connectivity index (χ3n) is 3.83. The van der Waals surface area contributed by atoms with Crippen molar-refractivity contribution in [2.24, 2.45) is 0 Å². The molecule has 0 aromatic heterocycles. The molecule has 7 heteroatoms. The van der Waals surface area contributed by atoms with E-state index in [-0.39, 0.29) is 34.3 Å². The van der Waals surface area contributed by atoms with Crippen LogP contribution in [0.3, 0.4) is 0 Å². The van der Waals surface area contributed by atoms with Gasteiger partial charge in [-0.15, -0.1) is 0 Å². The third-order valence-corrected chi connectivity index (χ3v) is 4.14. The minimum atomic E-state index is -0.539. The van der Waals surface area contributed by atoms with E-state index in [4.69, 9.17) is 11.6 Å². The summed E-state index contributed by atoms with van der Waals surface area (Å²) in [7, 11) is 0. The highest BCUT2D eigenvalue weighted by molar-refractivity contribution is 6.34. The summed E-state index contributed by atoms with van der Waals surface area (Å²) in [6, 6.07) is 4.38. The molecule has 21 heavy (non-hydrogen) atoms. The summed E-state index contributed by atoms with van der Waals surface area (Å²) < 4.78 is 0. The zero-order valence-electron chi connectivity index (χ0n) is 12.0. The predicted octanol–water partition coefficient (Wildman–Crippen LogP) is 3.16. The molecule has 1 fully saturated rings. The molecular formula is C14H18ClN3O3. The van der Waals surface area contributed by atoms with E-state index in [2.05, 4.69) is 19.3 Å². The number of carbonyl (C=O) groups excluding carboxylic acids is 1. The molecule has 2 atom stereocenters. The highest BCUT2D eigenvalue weighted by atomic mass is 35.5. The van der Waals surface area contributed by atoms with Gasteiger partial charge < -0.3 is 0 Å². The van der Waals surface area contributed by atoms with Gasteiger partial charge in [-0.05, 0) is 32.8 Å². The van der Waals surface area contributed by atoms with Gasteiger partial charge in [0.2, 0.25) is 0 Å². The first-order valence-corrected chi connectivity index (χ1v) is 7.31. The molecule has 114 valence electrons. The number of non-ortho nitro benzene ring substituents is 1.